The van der Waals surface area contributed by atoms with E-state index in [1.807, 2.05) is 0 Å². The Morgan fingerprint density at radius 2 is 1.08 bits per heavy atom. The summed E-state index contributed by atoms with van der Waals surface area (Å²) in [5.74, 6) is -0.0555. The molecule has 3 aromatic rings. The van der Waals surface area contributed by atoms with Crippen LogP contribution in [0.1, 0.15) is 227 Å². The summed E-state index contributed by atoms with van der Waals surface area (Å²) < 4.78 is 33.0. The lowest BCUT2D eigenvalue weighted by molar-refractivity contribution is -0.156. The zero-order valence-electron chi connectivity index (χ0n) is 21.3. The normalized spacial score (nSPS) is 13.9. The molecule has 6 rings (SSSR count). The van der Waals surface area contributed by atoms with Crippen molar-refractivity contribution in [2.75, 3.05) is 20.0 Å². The summed E-state index contributed by atoms with van der Waals surface area (Å²) in [7, 11) is 0. The number of carbonyl (C=O) groups excluding carboxylic acids is 2. The first kappa shape index (κ1) is 137. The highest BCUT2D eigenvalue weighted by molar-refractivity contribution is 6.13. The van der Waals surface area contributed by atoms with Crippen molar-refractivity contribution in [2.24, 2.45) is 0 Å². The first-order valence-corrected chi connectivity index (χ1v) is 12.5. The number of esters is 2. The summed E-state index contributed by atoms with van der Waals surface area (Å²) >= 11 is 0. The molecule has 12 heteroatoms. The van der Waals surface area contributed by atoms with E-state index < -0.39 is 36.5 Å². The van der Waals surface area contributed by atoms with Crippen LogP contribution in [0.15, 0.2) is 30.3 Å². The highest BCUT2D eigenvalue weighted by Crippen LogP contribution is 2.48. The molecule has 3 aliphatic heterocycles. The highest BCUT2D eigenvalue weighted by Gasteiger charge is 2.51. The number of aliphatic hydroxyl groups is 4. The van der Waals surface area contributed by atoms with Crippen LogP contribution >= 0.6 is 0 Å². The summed E-state index contributed by atoms with van der Waals surface area (Å²) in [6.07, 6.45) is -3.01. The number of rotatable bonds is 7. The first-order valence-electron chi connectivity index (χ1n) is 12.5. The van der Waals surface area contributed by atoms with Gasteiger partial charge in [-0.2, -0.15) is 0 Å². The van der Waals surface area contributed by atoms with Gasteiger partial charge >= 0.3 is 11.9 Å². The average Bonchev–Trinajstić information content (AvgIpc) is 3.65. The molecule has 4 N–H and O–H groups in total. The fourth-order valence-electron chi connectivity index (χ4n) is 5.22. The van der Waals surface area contributed by atoms with Crippen LogP contribution in [0.25, 0.3) is 21.9 Å². The van der Waals surface area contributed by atoms with E-state index in [1.165, 1.54) is 6.92 Å². The Bertz CT molecular complexity index is 1540. The van der Waals surface area contributed by atoms with E-state index in [1.54, 1.807) is 30.3 Å². The van der Waals surface area contributed by atoms with Crippen LogP contribution < -0.4 is 14.2 Å². The van der Waals surface area contributed by atoms with Crippen molar-refractivity contribution in [3.63, 3.8) is 0 Å². The minimum atomic E-state index is -1.92. The van der Waals surface area contributed by atoms with E-state index >= 15 is 0 Å². The molecule has 0 aromatic heterocycles. The summed E-state index contributed by atoms with van der Waals surface area (Å²) in [5.41, 5.74) is 0.625. The SMILES string of the molecule is C.C.C.C.C.C.C.C.C.C.C.C.C.C.C.C.C.C.C.C.C.C.C.C.C.C.CC(=O)OC[C@]1(O)CO[C@@H](Oc2c3c(c(-c4ccc5c(c4)OCO5)c4cc(CO)c(CO)cc24)C(=O)OC3)C1O. The summed E-state index contributed by atoms with van der Waals surface area (Å²) in [6, 6.07) is 8.51. The van der Waals surface area contributed by atoms with E-state index in [0.29, 0.717) is 50.1 Å². The third kappa shape index (κ3) is 23.7. The van der Waals surface area contributed by atoms with Crippen molar-refractivity contribution in [3.8, 4) is 28.4 Å². The smallest absolute Gasteiger partial charge is 0.339 e. The molecule has 0 radical (unpaired) electrons. The zero-order chi connectivity index (χ0) is 28.2. The van der Waals surface area contributed by atoms with Crippen LogP contribution in [0.2, 0.25) is 0 Å². The van der Waals surface area contributed by atoms with Crippen molar-refractivity contribution in [2.45, 2.75) is 238 Å². The lowest BCUT2D eigenvalue weighted by Crippen LogP contribution is -2.49. The Labute approximate surface area is 418 Å². The predicted octanol–water partition coefficient (Wildman–Crippen LogP) is 17.8. The van der Waals surface area contributed by atoms with Crippen LogP contribution in [-0.2, 0) is 38.8 Å². The third-order valence-corrected chi connectivity index (χ3v) is 7.30. The van der Waals surface area contributed by atoms with Crippen LogP contribution in [-0.4, -0.2) is 70.4 Å². The van der Waals surface area contributed by atoms with Gasteiger partial charge in [-0.1, -0.05) is 199 Å². The lowest BCUT2D eigenvalue weighted by Gasteiger charge is -2.26. The molecule has 66 heavy (non-hydrogen) atoms. The van der Waals surface area contributed by atoms with Gasteiger partial charge in [0.2, 0.25) is 13.1 Å². The predicted molar refractivity (Wildman–Crippen MR) is 309 cm³/mol. The van der Waals surface area contributed by atoms with Gasteiger partial charge in [-0.05, 0) is 46.3 Å². The fourth-order valence-corrected chi connectivity index (χ4v) is 5.22. The molecule has 0 spiro atoms. The molecular weight excluding hydrogens is 841 g/mol. The monoisotopic (exact) mass is 971 g/mol. The van der Waals surface area contributed by atoms with Crippen molar-refractivity contribution in [1.29, 1.82) is 0 Å². The topological polar surface area (TPSA) is 170 Å². The third-order valence-electron chi connectivity index (χ3n) is 7.30. The molecule has 1 fully saturated rings. The number of fused-ring (bicyclic) bond motifs is 3. The largest absolute Gasteiger partial charge is 0.463 e. The molecule has 0 aliphatic carbocycles. The molecule has 0 bridgehead atoms. The Morgan fingerprint density at radius 1 is 0.636 bits per heavy atom. The van der Waals surface area contributed by atoms with Crippen molar-refractivity contribution < 1.29 is 58.4 Å². The van der Waals surface area contributed by atoms with E-state index in [4.69, 9.17) is 28.4 Å². The molecule has 3 heterocycles. The quantitative estimate of drug-likeness (QED) is 0.166. The second kappa shape index (κ2) is 53.7. The molecule has 3 aromatic carbocycles. The van der Waals surface area contributed by atoms with Gasteiger partial charge in [-0.15, -0.1) is 0 Å². The molecular formula is C54H130O12. The van der Waals surface area contributed by atoms with Gasteiger partial charge < -0.3 is 48.8 Å². The standard InChI is InChI=1S/C28H26O12.26CH4/c1-13(31)36-10-28(34)11-37-27(25(28)32)40-24-18-5-16(8-30)15(7-29)4-17(18)22(23-19(24)9-35-26(23)33)14-2-3-20-21(6-14)39-12-38-20;;;;;;;;;;;;;;;;;;;;;;;;;;/h2-6,25,27,29-30,32,34H,7-12H2,1H3;26*1H4/t25?,27-,28-;;;;;;;;;;;;;;;;;;;;;;;;;;/m0........................../s1. The van der Waals surface area contributed by atoms with Crippen molar-refractivity contribution >= 4 is 22.7 Å². The molecule has 1 saturated heterocycles. The second-order valence-corrected chi connectivity index (χ2v) is 9.81. The lowest BCUT2D eigenvalue weighted by atomic mass is 9.87. The van der Waals surface area contributed by atoms with Crippen molar-refractivity contribution in [1.82, 2.24) is 0 Å². The maximum atomic E-state index is 13.1. The van der Waals surface area contributed by atoms with E-state index in [2.05, 4.69) is 0 Å². The Balaban J connectivity index is -0.0000000410. The van der Waals surface area contributed by atoms with Crippen LogP contribution in [0.3, 0.4) is 0 Å². The summed E-state index contributed by atoms with van der Waals surface area (Å²) in [4.78, 5) is 24.4. The molecule has 0 saturated carbocycles. The summed E-state index contributed by atoms with van der Waals surface area (Å²) in [6.45, 7) is -0.566. The Hall–Kier alpha value is -3.94. The number of benzene rings is 3. The first-order chi connectivity index (χ1) is 19.2. The van der Waals surface area contributed by atoms with E-state index in [-0.39, 0.29) is 238 Å². The molecule has 418 valence electrons. The highest BCUT2D eigenvalue weighted by atomic mass is 16.7. The Kier molecular flexibility index (Phi) is 112. The van der Waals surface area contributed by atoms with Gasteiger partial charge in [0.05, 0.1) is 25.4 Å². The van der Waals surface area contributed by atoms with Crippen molar-refractivity contribution in [3.05, 3.63) is 52.6 Å². The number of hydrogen-bond acceptors (Lipinski definition) is 12. The number of cyclic esters (lactones) is 1. The van der Waals surface area contributed by atoms with E-state index in [0.717, 1.165) is 0 Å². The average molecular weight is 972 g/mol. The fraction of sp³-hybridized carbons (Fsp3) is 0.667. The van der Waals surface area contributed by atoms with Gasteiger partial charge in [0.15, 0.2) is 23.2 Å². The molecule has 0 amide bonds. The van der Waals surface area contributed by atoms with Gasteiger partial charge in [0, 0.05) is 23.4 Å². The second-order valence-electron chi connectivity index (χ2n) is 9.81. The molecule has 12 nitrogen and oxygen atoms in total. The van der Waals surface area contributed by atoms with Gasteiger partial charge in [-0.25, -0.2) is 4.79 Å². The zero-order valence-corrected chi connectivity index (χ0v) is 21.3. The summed E-state index contributed by atoms with van der Waals surface area (Å²) in [5, 5.41) is 42.7. The number of hydrogen-bond donors (Lipinski definition) is 4. The number of carbonyl (C=O) groups is 2. The van der Waals surface area contributed by atoms with Gasteiger partial charge in [-0.3, -0.25) is 4.79 Å². The van der Waals surface area contributed by atoms with Gasteiger partial charge in [0.1, 0.15) is 19.0 Å². The van der Waals surface area contributed by atoms with Gasteiger partial charge in [0.25, 0.3) is 0 Å². The minimum Gasteiger partial charge on any atom is -0.463 e. The van der Waals surface area contributed by atoms with Crippen LogP contribution in [0, 0.1) is 0 Å². The molecule has 3 atom stereocenters. The van der Waals surface area contributed by atoms with E-state index in [9.17, 15) is 30.0 Å². The number of ether oxygens (including phenoxy) is 6. The maximum absolute atomic E-state index is 13.1. The Morgan fingerprint density at radius 3 is 1.52 bits per heavy atom. The van der Waals surface area contributed by atoms with Crippen LogP contribution in [0.5, 0.6) is 17.2 Å². The molecule has 1 unspecified atom stereocenters. The minimum absolute atomic E-state index is 0. The van der Waals surface area contributed by atoms with Crippen LogP contribution in [0.4, 0.5) is 0 Å². The maximum Gasteiger partial charge on any atom is 0.339 e. The number of aliphatic hydroxyl groups excluding tert-OH is 3. The molecule has 3 aliphatic rings.